The van der Waals surface area contributed by atoms with Crippen LogP contribution >= 0.6 is 11.8 Å². The van der Waals surface area contributed by atoms with Crippen LogP contribution in [0.4, 0.5) is 17.6 Å². The monoisotopic (exact) mass is 731 g/mol. The van der Waals surface area contributed by atoms with Crippen LogP contribution in [-0.4, -0.2) is 67.3 Å². The minimum atomic E-state index is -4.38. The fourth-order valence-corrected chi connectivity index (χ4v) is 8.12. The van der Waals surface area contributed by atoms with Crippen LogP contribution in [0.3, 0.4) is 0 Å². The van der Waals surface area contributed by atoms with Crippen molar-refractivity contribution in [2.75, 3.05) is 27.2 Å². The van der Waals surface area contributed by atoms with Gasteiger partial charge in [0, 0.05) is 36.1 Å². The van der Waals surface area contributed by atoms with Crippen LogP contribution in [0.15, 0.2) is 82.7 Å². The molecule has 7 rings (SSSR count). The molecular formula is C39H41F4N7OS. The van der Waals surface area contributed by atoms with Gasteiger partial charge in [-0.3, -0.25) is 9.69 Å². The molecule has 3 heterocycles. The maximum Gasteiger partial charge on any atom is 0.416 e. The van der Waals surface area contributed by atoms with Gasteiger partial charge in [0.2, 0.25) is 0 Å². The molecule has 52 heavy (non-hydrogen) atoms. The molecule has 0 spiro atoms. The third-order valence-corrected chi connectivity index (χ3v) is 11.2. The summed E-state index contributed by atoms with van der Waals surface area (Å²) >= 11 is 1.45. The lowest BCUT2D eigenvalue weighted by Gasteiger charge is -2.34. The summed E-state index contributed by atoms with van der Waals surface area (Å²) in [5, 5.41) is 10.1. The van der Waals surface area contributed by atoms with Crippen molar-refractivity contribution >= 4 is 11.8 Å². The Morgan fingerprint density at radius 2 is 1.40 bits per heavy atom. The van der Waals surface area contributed by atoms with Gasteiger partial charge >= 0.3 is 6.18 Å². The molecule has 3 aromatic carbocycles. The second-order valence-electron chi connectivity index (χ2n) is 13.8. The molecule has 0 bridgehead atoms. The zero-order valence-electron chi connectivity index (χ0n) is 29.2. The summed E-state index contributed by atoms with van der Waals surface area (Å²) in [4.78, 5) is 22.3. The lowest BCUT2D eigenvalue weighted by molar-refractivity contribution is -0.137. The molecule has 5 aromatic rings. The van der Waals surface area contributed by atoms with Crippen molar-refractivity contribution in [3.8, 4) is 11.1 Å². The van der Waals surface area contributed by atoms with Gasteiger partial charge in [-0.2, -0.15) is 18.2 Å². The minimum Gasteiger partial charge on any atom is -0.316 e. The van der Waals surface area contributed by atoms with E-state index < -0.39 is 11.7 Å². The van der Waals surface area contributed by atoms with E-state index in [0.29, 0.717) is 48.6 Å². The van der Waals surface area contributed by atoms with Crippen LogP contribution in [0.1, 0.15) is 58.9 Å². The van der Waals surface area contributed by atoms with Gasteiger partial charge in [-0.15, -0.1) is 10.2 Å². The van der Waals surface area contributed by atoms with Crippen molar-refractivity contribution in [3.05, 3.63) is 129 Å². The van der Waals surface area contributed by atoms with Crippen LogP contribution in [0.25, 0.3) is 11.1 Å². The predicted molar refractivity (Wildman–Crippen MR) is 194 cm³/mol. The fourth-order valence-electron chi connectivity index (χ4n) is 7.15. The second kappa shape index (κ2) is 15.3. The zero-order valence-corrected chi connectivity index (χ0v) is 30.1. The molecule has 1 saturated heterocycles. The van der Waals surface area contributed by atoms with Crippen LogP contribution in [0.5, 0.6) is 0 Å². The number of nitrogens with zero attached hydrogens (tertiary/aromatic N) is 7. The molecular weight excluding hydrogens is 691 g/mol. The van der Waals surface area contributed by atoms with Crippen LogP contribution in [-0.2, 0) is 44.4 Å². The Balaban J connectivity index is 1.19. The minimum absolute atomic E-state index is 0.193. The zero-order chi connectivity index (χ0) is 36.4. The number of rotatable bonds is 11. The molecule has 0 N–H and O–H groups in total. The quantitative estimate of drug-likeness (QED) is 0.0819. The number of alkyl halides is 3. The molecule has 0 atom stereocenters. The van der Waals surface area contributed by atoms with Gasteiger partial charge in [0.15, 0.2) is 11.0 Å². The van der Waals surface area contributed by atoms with Gasteiger partial charge in [-0.1, -0.05) is 60.3 Å². The first-order valence-corrected chi connectivity index (χ1v) is 18.6. The Bertz CT molecular complexity index is 2050. The van der Waals surface area contributed by atoms with Gasteiger partial charge in [0.05, 0.1) is 25.2 Å². The predicted octanol–water partition coefficient (Wildman–Crippen LogP) is 7.06. The van der Waals surface area contributed by atoms with Crippen LogP contribution in [0.2, 0.25) is 0 Å². The molecule has 2 aliphatic rings. The highest BCUT2D eigenvalue weighted by atomic mass is 32.2. The van der Waals surface area contributed by atoms with E-state index in [9.17, 15) is 22.4 Å². The van der Waals surface area contributed by atoms with E-state index in [-0.39, 0.29) is 11.4 Å². The number of fused-ring (bicyclic) bond motifs is 1. The van der Waals surface area contributed by atoms with E-state index in [1.165, 1.54) is 36.0 Å². The maximum absolute atomic E-state index is 13.6. The number of halogens is 4. The first kappa shape index (κ1) is 36.0. The van der Waals surface area contributed by atoms with E-state index in [4.69, 9.17) is 10.2 Å². The number of aromatic nitrogens is 5. The van der Waals surface area contributed by atoms with Gasteiger partial charge in [-0.25, -0.2) is 4.39 Å². The first-order chi connectivity index (χ1) is 25.0. The normalized spacial score (nSPS) is 15.4. The highest BCUT2D eigenvalue weighted by molar-refractivity contribution is 7.98. The van der Waals surface area contributed by atoms with Crippen LogP contribution in [0, 0.1) is 5.82 Å². The van der Waals surface area contributed by atoms with Gasteiger partial charge in [0.1, 0.15) is 11.6 Å². The summed E-state index contributed by atoms with van der Waals surface area (Å²) < 4.78 is 57.2. The van der Waals surface area contributed by atoms with E-state index >= 15 is 0 Å². The summed E-state index contributed by atoms with van der Waals surface area (Å²) in [6.07, 6.45) is 0.101. The largest absolute Gasteiger partial charge is 0.416 e. The third kappa shape index (κ3) is 8.16. The number of hydrogen-bond acceptors (Lipinski definition) is 7. The van der Waals surface area contributed by atoms with Gasteiger partial charge in [0.25, 0.3) is 5.56 Å². The number of hydrogen-bond donors (Lipinski definition) is 0. The van der Waals surface area contributed by atoms with Gasteiger partial charge in [-0.05, 0) is 92.7 Å². The van der Waals surface area contributed by atoms with Crippen molar-refractivity contribution in [1.82, 2.24) is 34.1 Å². The number of thioether (sulfide) groups is 1. The average Bonchev–Trinajstić information content (AvgIpc) is 3.78. The molecule has 0 unspecified atom stereocenters. The highest BCUT2D eigenvalue weighted by Crippen LogP contribution is 2.32. The molecule has 1 fully saturated rings. The fraction of sp³-hybridized carbons (Fsp3) is 0.385. The van der Waals surface area contributed by atoms with E-state index in [2.05, 4.69) is 38.0 Å². The Kier molecular flexibility index (Phi) is 10.6. The standard InChI is InChI=1S/C39H41F4N7OS/c1-47(2)32-18-20-48(21-19-32)23-35-45-46-36(50(35)22-26-6-10-28(11-7-26)29-12-14-30(15-13-29)39(41,42)43)24-49-34-5-3-4-33(34)37(51)44-38(49)52-25-27-8-16-31(40)17-9-27/h6-17,32H,3-5,18-25H2,1-2H3. The molecule has 8 nitrogen and oxygen atoms in total. The van der Waals surface area contributed by atoms with E-state index in [1.807, 2.05) is 24.3 Å². The Morgan fingerprint density at radius 3 is 2.04 bits per heavy atom. The molecule has 2 aromatic heterocycles. The van der Waals surface area contributed by atoms with Crippen molar-refractivity contribution < 1.29 is 17.6 Å². The second-order valence-corrected chi connectivity index (χ2v) is 14.8. The first-order valence-electron chi connectivity index (χ1n) is 17.6. The van der Waals surface area contributed by atoms with Gasteiger partial charge < -0.3 is 14.0 Å². The highest BCUT2D eigenvalue weighted by Gasteiger charge is 2.30. The third-order valence-electron chi connectivity index (χ3n) is 10.2. The van der Waals surface area contributed by atoms with E-state index in [0.717, 1.165) is 90.5 Å². The SMILES string of the molecule is CN(C)C1CCN(Cc2nnc(Cn3c(SCc4ccc(F)cc4)nc(=O)c4c3CCC4)n2Cc2ccc(-c3ccc(C(F)(F)F)cc3)cc2)CC1. The smallest absolute Gasteiger partial charge is 0.316 e. The molecule has 0 radical (unpaired) electrons. The molecule has 1 aliphatic carbocycles. The van der Waals surface area contributed by atoms with Crippen molar-refractivity contribution in [2.24, 2.45) is 0 Å². The molecule has 0 amide bonds. The van der Waals surface area contributed by atoms with Crippen molar-refractivity contribution in [1.29, 1.82) is 0 Å². The summed E-state index contributed by atoms with van der Waals surface area (Å²) in [7, 11) is 4.25. The topological polar surface area (TPSA) is 72.1 Å². The Labute approximate surface area is 304 Å². The summed E-state index contributed by atoms with van der Waals surface area (Å²) in [6.45, 7) is 3.42. The molecule has 272 valence electrons. The summed E-state index contributed by atoms with van der Waals surface area (Å²) in [5.41, 5.74) is 4.31. The number of likely N-dealkylation sites (tertiary alicyclic amines) is 1. The van der Waals surface area contributed by atoms with Crippen LogP contribution < -0.4 is 5.56 Å². The Hall–Kier alpha value is -4.33. The molecule has 1 aliphatic heterocycles. The van der Waals surface area contributed by atoms with E-state index in [1.54, 1.807) is 12.1 Å². The Morgan fingerprint density at radius 1 is 0.788 bits per heavy atom. The maximum atomic E-state index is 13.6. The summed E-state index contributed by atoms with van der Waals surface area (Å²) in [5.74, 6) is 1.81. The lowest BCUT2D eigenvalue weighted by Crippen LogP contribution is -2.41. The number of piperidine rings is 1. The van der Waals surface area contributed by atoms with Crippen molar-refractivity contribution in [2.45, 2.75) is 74.9 Å². The average molecular weight is 732 g/mol. The molecule has 13 heteroatoms. The van der Waals surface area contributed by atoms with Crippen molar-refractivity contribution in [3.63, 3.8) is 0 Å². The summed E-state index contributed by atoms with van der Waals surface area (Å²) in [6, 6.07) is 19.9. The number of benzene rings is 3. The molecule has 0 saturated carbocycles. The lowest BCUT2D eigenvalue weighted by atomic mass is 10.0.